The van der Waals surface area contributed by atoms with Crippen LogP contribution >= 0.6 is 11.6 Å². The molecule has 0 amide bonds. The number of aliphatic hydroxyl groups is 1. The molecule has 1 saturated carbocycles. The van der Waals surface area contributed by atoms with Crippen molar-refractivity contribution in [2.45, 2.75) is 31.2 Å². The number of hydrogen-bond donors (Lipinski definition) is 2. The number of alkyl halides is 1. The van der Waals surface area contributed by atoms with Gasteiger partial charge in [0, 0.05) is 18.0 Å². The molecule has 0 aromatic heterocycles. The van der Waals surface area contributed by atoms with Gasteiger partial charge >= 0.3 is 0 Å². The van der Waals surface area contributed by atoms with Crippen molar-refractivity contribution in [3.8, 4) is 0 Å². The van der Waals surface area contributed by atoms with Crippen LogP contribution in [0.2, 0.25) is 0 Å². The van der Waals surface area contributed by atoms with Crippen LogP contribution in [-0.2, 0) is 0 Å². The van der Waals surface area contributed by atoms with Crippen LogP contribution in [0.25, 0.3) is 0 Å². The normalized spacial score (nSPS) is 21.4. The van der Waals surface area contributed by atoms with Gasteiger partial charge in [0.1, 0.15) is 0 Å². The molecule has 0 unspecified atom stereocenters. The lowest BCUT2D eigenvalue weighted by atomic mass is 9.99. The third-order valence-corrected chi connectivity index (χ3v) is 2.89. The number of nitrogens with one attached hydrogen (secondary N) is 1. The van der Waals surface area contributed by atoms with Crippen LogP contribution in [0.15, 0.2) is 12.2 Å². The maximum absolute atomic E-state index is 9.26. The van der Waals surface area contributed by atoms with Gasteiger partial charge in [-0.05, 0) is 12.8 Å². The van der Waals surface area contributed by atoms with Gasteiger partial charge < -0.3 is 10.4 Å². The van der Waals surface area contributed by atoms with Crippen LogP contribution in [-0.4, -0.2) is 29.7 Å². The van der Waals surface area contributed by atoms with E-state index in [-0.39, 0.29) is 12.1 Å². The van der Waals surface area contributed by atoms with E-state index in [1.807, 2.05) is 12.2 Å². The summed E-state index contributed by atoms with van der Waals surface area (Å²) in [5.74, 6) is 0.563. The summed E-state index contributed by atoms with van der Waals surface area (Å²) in [6, 6.07) is 0. The fourth-order valence-electron chi connectivity index (χ4n) is 1.86. The topological polar surface area (TPSA) is 32.3 Å². The fourth-order valence-corrected chi connectivity index (χ4v) is 1.99. The van der Waals surface area contributed by atoms with Crippen molar-refractivity contribution in [2.75, 3.05) is 19.0 Å². The molecule has 1 fully saturated rings. The number of allylic oxidation sites excluding steroid dienone is 1. The number of rotatable bonds is 5. The first-order chi connectivity index (χ1) is 6.33. The molecule has 0 aliphatic heterocycles. The molecule has 0 atom stereocenters. The minimum atomic E-state index is -0.00332. The van der Waals surface area contributed by atoms with Crippen molar-refractivity contribution in [3.05, 3.63) is 12.2 Å². The summed E-state index contributed by atoms with van der Waals surface area (Å²) in [5, 5.41) is 12.6. The maximum Gasteiger partial charge on any atom is 0.0613 e. The second-order valence-electron chi connectivity index (χ2n) is 3.65. The minimum absolute atomic E-state index is 0.00332. The van der Waals surface area contributed by atoms with Gasteiger partial charge in [0.2, 0.25) is 0 Å². The van der Waals surface area contributed by atoms with E-state index in [2.05, 4.69) is 5.32 Å². The zero-order chi connectivity index (χ0) is 9.57. The lowest BCUT2D eigenvalue weighted by Crippen LogP contribution is -2.46. The highest BCUT2D eigenvalue weighted by molar-refractivity contribution is 6.18. The minimum Gasteiger partial charge on any atom is -0.394 e. The Kier molecular flexibility index (Phi) is 4.78. The molecule has 3 heteroatoms. The average molecular weight is 204 g/mol. The molecule has 0 radical (unpaired) electrons. The highest BCUT2D eigenvalue weighted by atomic mass is 35.5. The Hall–Kier alpha value is -0.0500. The third-order valence-electron chi connectivity index (χ3n) is 2.71. The molecular formula is C10H18ClNO. The van der Waals surface area contributed by atoms with Crippen LogP contribution in [0, 0.1) is 0 Å². The smallest absolute Gasteiger partial charge is 0.0613 e. The Morgan fingerprint density at radius 2 is 2.00 bits per heavy atom. The van der Waals surface area contributed by atoms with Crippen LogP contribution in [0.1, 0.15) is 25.7 Å². The summed E-state index contributed by atoms with van der Waals surface area (Å²) in [7, 11) is 0. The Morgan fingerprint density at radius 1 is 1.31 bits per heavy atom. The molecule has 0 aromatic rings. The van der Waals surface area contributed by atoms with Gasteiger partial charge in [-0.15, -0.1) is 11.6 Å². The first-order valence-corrected chi connectivity index (χ1v) is 5.43. The quantitative estimate of drug-likeness (QED) is 0.527. The molecule has 13 heavy (non-hydrogen) atoms. The van der Waals surface area contributed by atoms with Crippen molar-refractivity contribution in [1.29, 1.82) is 0 Å². The molecule has 0 heterocycles. The van der Waals surface area contributed by atoms with Crippen LogP contribution < -0.4 is 5.32 Å². The Balaban J connectivity index is 2.27. The summed E-state index contributed by atoms with van der Waals surface area (Å²) < 4.78 is 0. The zero-order valence-electron chi connectivity index (χ0n) is 7.93. The Labute approximate surface area is 85.0 Å². The standard InChI is InChI=1S/C10H18ClNO/c11-7-3-4-8-12-10(9-13)5-1-2-6-10/h3-4,12-13H,1-2,5-9H2/b4-3+. The second kappa shape index (κ2) is 5.63. The SMILES string of the molecule is OCC1(NC/C=C/CCl)CCCC1. The Bertz CT molecular complexity index is 164. The van der Waals surface area contributed by atoms with Gasteiger partial charge in [-0.25, -0.2) is 0 Å². The molecule has 0 aromatic carbocycles. The van der Waals surface area contributed by atoms with Crippen LogP contribution in [0.5, 0.6) is 0 Å². The summed E-state index contributed by atoms with van der Waals surface area (Å²) in [6.45, 7) is 1.06. The van der Waals surface area contributed by atoms with E-state index in [4.69, 9.17) is 11.6 Å². The average Bonchev–Trinajstić information content (AvgIpc) is 2.62. The van der Waals surface area contributed by atoms with E-state index < -0.39 is 0 Å². The molecule has 2 N–H and O–H groups in total. The summed E-state index contributed by atoms with van der Waals surface area (Å²) in [4.78, 5) is 0. The van der Waals surface area contributed by atoms with E-state index in [0.717, 1.165) is 19.4 Å². The first-order valence-electron chi connectivity index (χ1n) is 4.90. The van der Waals surface area contributed by atoms with E-state index in [1.54, 1.807) is 0 Å². The lowest BCUT2D eigenvalue weighted by molar-refractivity contribution is 0.168. The number of halogens is 1. The van der Waals surface area contributed by atoms with E-state index >= 15 is 0 Å². The van der Waals surface area contributed by atoms with E-state index in [9.17, 15) is 5.11 Å². The number of aliphatic hydroxyl groups excluding tert-OH is 1. The predicted molar refractivity (Wildman–Crippen MR) is 56.1 cm³/mol. The molecule has 0 spiro atoms. The lowest BCUT2D eigenvalue weighted by Gasteiger charge is -2.27. The van der Waals surface area contributed by atoms with Crippen LogP contribution in [0.3, 0.4) is 0 Å². The van der Waals surface area contributed by atoms with Crippen molar-refractivity contribution in [3.63, 3.8) is 0 Å². The van der Waals surface area contributed by atoms with E-state index in [1.165, 1.54) is 12.8 Å². The van der Waals surface area contributed by atoms with E-state index in [0.29, 0.717) is 5.88 Å². The number of hydrogen-bond acceptors (Lipinski definition) is 2. The van der Waals surface area contributed by atoms with Gasteiger partial charge in [0.05, 0.1) is 6.61 Å². The van der Waals surface area contributed by atoms with Gasteiger partial charge in [-0.2, -0.15) is 0 Å². The zero-order valence-corrected chi connectivity index (χ0v) is 8.69. The highest BCUT2D eigenvalue weighted by Crippen LogP contribution is 2.28. The summed E-state index contributed by atoms with van der Waals surface area (Å²) in [6.07, 6.45) is 8.59. The fraction of sp³-hybridized carbons (Fsp3) is 0.800. The Morgan fingerprint density at radius 3 is 2.54 bits per heavy atom. The monoisotopic (exact) mass is 203 g/mol. The van der Waals surface area contributed by atoms with Crippen molar-refractivity contribution >= 4 is 11.6 Å². The van der Waals surface area contributed by atoms with Gasteiger partial charge in [0.25, 0.3) is 0 Å². The summed E-state index contributed by atoms with van der Waals surface area (Å²) in [5.41, 5.74) is -0.00332. The molecule has 1 aliphatic carbocycles. The van der Waals surface area contributed by atoms with Crippen molar-refractivity contribution in [2.24, 2.45) is 0 Å². The molecule has 1 aliphatic rings. The molecule has 0 bridgehead atoms. The summed E-state index contributed by atoms with van der Waals surface area (Å²) >= 11 is 5.50. The highest BCUT2D eigenvalue weighted by Gasteiger charge is 2.31. The van der Waals surface area contributed by atoms with Gasteiger partial charge in [-0.1, -0.05) is 25.0 Å². The molecule has 0 saturated heterocycles. The van der Waals surface area contributed by atoms with Crippen molar-refractivity contribution in [1.82, 2.24) is 5.32 Å². The molecule has 76 valence electrons. The molecule has 1 rings (SSSR count). The third kappa shape index (κ3) is 3.29. The van der Waals surface area contributed by atoms with Crippen molar-refractivity contribution < 1.29 is 5.11 Å². The first kappa shape index (κ1) is 11.0. The molecular weight excluding hydrogens is 186 g/mol. The second-order valence-corrected chi connectivity index (χ2v) is 3.96. The van der Waals surface area contributed by atoms with Gasteiger partial charge in [0.15, 0.2) is 0 Å². The maximum atomic E-state index is 9.26. The molecule has 2 nitrogen and oxygen atoms in total. The largest absolute Gasteiger partial charge is 0.394 e. The van der Waals surface area contributed by atoms with Crippen LogP contribution in [0.4, 0.5) is 0 Å². The predicted octanol–water partition coefficient (Wildman–Crippen LogP) is 1.68. The van der Waals surface area contributed by atoms with Gasteiger partial charge in [-0.3, -0.25) is 0 Å².